The van der Waals surface area contributed by atoms with Crippen LogP contribution in [0.1, 0.15) is 21.5 Å². The van der Waals surface area contributed by atoms with Crippen LogP contribution in [0.2, 0.25) is 0 Å². The highest BCUT2D eigenvalue weighted by atomic mass is 32.2. The van der Waals surface area contributed by atoms with Gasteiger partial charge in [0.1, 0.15) is 0 Å². The summed E-state index contributed by atoms with van der Waals surface area (Å²) in [5, 5.41) is 13.8. The lowest BCUT2D eigenvalue weighted by Gasteiger charge is -2.26. The highest BCUT2D eigenvalue weighted by molar-refractivity contribution is 8.01. The number of hydrogen-bond donors (Lipinski definition) is 2. The van der Waals surface area contributed by atoms with Gasteiger partial charge in [0.25, 0.3) is 5.91 Å². The monoisotopic (exact) mass is 547 g/mol. The van der Waals surface area contributed by atoms with Gasteiger partial charge >= 0.3 is 0 Å². The molecule has 4 rings (SSSR count). The lowest BCUT2D eigenvalue weighted by atomic mass is 10.1. The first-order valence-corrected chi connectivity index (χ1v) is 14.3. The summed E-state index contributed by atoms with van der Waals surface area (Å²) < 4.78 is 32.6. The zero-order valence-corrected chi connectivity index (χ0v) is 22.1. The topological polar surface area (TPSA) is 131 Å². The van der Waals surface area contributed by atoms with Crippen LogP contribution in [-0.2, 0) is 19.6 Å². The Labute approximate surface area is 217 Å². The average Bonchev–Trinajstić information content (AvgIpc) is 3.32. The summed E-state index contributed by atoms with van der Waals surface area (Å²) in [6, 6.07) is 11.5. The van der Waals surface area contributed by atoms with Crippen molar-refractivity contribution < 1.29 is 22.7 Å². The molecule has 2 amide bonds. The summed E-state index contributed by atoms with van der Waals surface area (Å²) in [4.78, 5) is 25.0. The maximum Gasteiger partial charge on any atom is 0.257 e. The van der Waals surface area contributed by atoms with Crippen LogP contribution in [0.5, 0.6) is 0 Å². The number of morpholine rings is 1. The van der Waals surface area contributed by atoms with Gasteiger partial charge in [-0.15, -0.1) is 10.2 Å². The van der Waals surface area contributed by atoms with Crippen LogP contribution in [0.3, 0.4) is 0 Å². The third-order valence-electron chi connectivity index (χ3n) is 5.33. The highest BCUT2D eigenvalue weighted by Gasteiger charge is 2.26. The maximum atomic E-state index is 12.7. The van der Waals surface area contributed by atoms with E-state index in [-0.39, 0.29) is 27.3 Å². The van der Waals surface area contributed by atoms with Crippen LogP contribution in [0.15, 0.2) is 51.7 Å². The van der Waals surface area contributed by atoms with E-state index >= 15 is 0 Å². The zero-order chi connectivity index (χ0) is 25.7. The first-order chi connectivity index (χ1) is 17.2. The lowest BCUT2D eigenvalue weighted by molar-refractivity contribution is -0.113. The van der Waals surface area contributed by atoms with Gasteiger partial charge in [0, 0.05) is 24.3 Å². The van der Waals surface area contributed by atoms with E-state index in [4.69, 9.17) is 4.74 Å². The molecule has 1 aliphatic heterocycles. The van der Waals surface area contributed by atoms with Crippen molar-refractivity contribution in [2.45, 2.75) is 23.1 Å². The molecule has 3 aromatic rings. The van der Waals surface area contributed by atoms with Crippen LogP contribution in [0.4, 0.5) is 10.8 Å². The number of ether oxygens (including phenoxy) is 1. The summed E-state index contributed by atoms with van der Waals surface area (Å²) in [6.07, 6.45) is 0. The number of nitrogens with one attached hydrogen (secondary N) is 2. The molecule has 0 atom stereocenters. The molecule has 0 bridgehead atoms. The quantitative estimate of drug-likeness (QED) is 0.325. The molecular formula is C23H25N5O5S3. The van der Waals surface area contributed by atoms with Gasteiger partial charge in [0.2, 0.25) is 21.1 Å². The Hall–Kier alpha value is -2.84. The number of nitrogens with zero attached hydrogens (tertiary/aromatic N) is 3. The van der Waals surface area contributed by atoms with Crippen molar-refractivity contribution in [1.29, 1.82) is 0 Å². The number of sulfonamides is 1. The third-order valence-corrected chi connectivity index (χ3v) is 9.22. The standard InChI is InChI=1S/C23H25N5O5S3/c1-15-3-8-19(16(2)13-15)24-20(29)14-34-23-27-26-22(35-23)25-21(30)17-4-6-18(7-5-17)36(31,32)28-9-11-33-12-10-28/h3-8,13H,9-12,14H2,1-2H3,(H,24,29)(H,25,26,30). The van der Waals surface area contributed by atoms with Gasteiger partial charge in [-0.05, 0) is 49.7 Å². The minimum absolute atomic E-state index is 0.120. The molecule has 2 aromatic carbocycles. The molecule has 13 heteroatoms. The number of anilines is 2. The SMILES string of the molecule is Cc1ccc(NC(=O)CSc2nnc(NC(=O)c3ccc(S(=O)(=O)N4CCOCC4)cc3)s2)c(C)c1. The predicted octanol–water partition coefficient (Wildman–Crippen LogP) is 3.16. The number of amides is 2. The average molecular weight is 548 g/mol. The van der Waals surface area contributed by atoms with Gasteiger partial charge in [-0.25, -0.2) is 8.42 Å². The van der Waals surface area contributed by atoms with Crippen LogP contribution in [0, 0.1) is 13.8 Å². The number of aryl methyl sites for hydroxylation is 2. The van der Waals surface area contributed by atoms with E-state index in [1.165, 1.54) is 40.3 Å². The smallest absolute Gasteiger partial charge is 0.257 e. The second kappa shape index (κ2) is 11.5. The van der Waals surface area contributed by atoms with Gasteiger partial charge in [-0.2, -0.15) is 4.31 Å². The van der Waals surface area contributed by atoms with Gasteiger partial charge in [0.05, 0.1) is 23.9 Å². The van der Waals surface area contributed by atoms with E-state index < -0.39 is 15.9 Å². The minimum atomic E-state index is -3.63. The molecule has 2 heterocycles. The van der Waals surface area contributed by atoms with Crippen LogP contribution in [-0.4, -0.2) is 66.8 Å². The first-order valence-electron chi connectivity index (χ1n) is 11.0. The van der Waals surface area contributed by atoms with Gasteiger partial charge in [0.15, 0.2) is 4.34 Å². The molecule has 1 saturated heterocycles. The largest absolute Gasteiger partial charge is 0.379 e. The van der Waals surface area contributed by atoms with Crippen molar-refractivity contribution in [2.75, 3.05) is 42.7 Å². The minimum Gasteiger partial charge on any atom is -0.379 e. The molecule has 2 N–H and O–H groups in total. The summed E-state index contributed by atoms with van der Waals surface area (Å²) >= 11 is 2.37. The predicted molar refractivity (Wildman–Crippen MR) is 139 cm³/mol. The zero-order valence-electron chi connectivity index (χ0n) is 19.7. The van der Waals surface area contributed by atoms with Crippen molar-refractivity contribution in [3.8, 4) is 0 Å². The summed E-state index contributed by atoms with van der Waals surface area (Å²) in [7, 11) is -3.63. The van der Waals surface area contributed by atoms with E-state index in [2.05, 4.69) is 20.8 Å². The fourth-order valence-corrected chi connectivity index (χ4v) is 6.42. The number of benzene rings is 2. The fraction of sp³-hybridized carbons (Fsp3) is 0.304. The Morgan fingerprint density at radius 1 is 1.06 bits per heavy atom. The normalized spacial score (nSPS) is 14.4. The maximum absolute atomic E-state index is 12.7. The third kappa shape index (κ3) is 6.48. The number of aromatic nitrogens is 2. The molecule has 10 nitrogen and oxygen atoms in total. The molecule has 1 aliphatic rings. The van der Waals surface area contributed by atoms with Gasteiger partial charge in [-0.1, -0.05) is 40.8 Å². The first kappa shape index (κ1) is 26.2. The van der Waals surface area contributed by atoms with Gasteiger partial charge in [-0.3, -0.25) is 14.9 Å². The van der Waals surface area contributed by atoms with Crippen molar-refractivity contribution in [2.24, 2.45) is 0 Å². The molecule has 190 valence electrons. The Bertz CT molecular complexity index is 1350. The van der Waals surface area contributed by atoms with E-state index in [1.54, 1.807) is 0 Å². The Morgan fingerprint density at radius 2 is 1.78 bits per heavy atom. The molecule has 0 unspecified atom stereocenters. The van der Waals surface area contributed by atoms with Crippen LogP contribution < -0.4 is 10.6 Å². The number of rotatable bonds is 8. The van der Waals surface area contributed by atoms with Crippen LogP contribution >= 0.6 is 23.1 Å². The molecule has 0 radical (unpaired) electrons. The number of carbonyl (C=O) groups excluding carboxylic acids is 2. The number of hydrogen-bond acceptors (Lipinski definition) is 9. The Balaban J connectivity index is 1.30. The van der Waals surface area contributed by atoms with Crippen molar-refractivity contribution in [3.05, 3.63) is 59.2 Å². The van der Waals surface area contributed by atoms with Gasteiger partial charge < -0.3 is 10.1 Å². The molecule has 0 spiro atoms. The fourth-order valence-electron chi connectivity index (χ4n) is 3.47. The number of carbonyl (C=O) groups is 2. The van der Waals surface area contributed by atoms with E-state index in [0.29, 0.717) is 30.6 Å². The van der Waals surface area contributed by atoms with E-state index in [1.807, 2.05) is 32.0 Å². The summed E-state index contributed by atoms with van der Waals surface area (Å²) in [6.45, 7) is 5.25. The second-order valence-corrected chi connectivity index (χ2v) is 12.2. The second-order valence-electron chi connectivity index (χ2n) is 8.02. The Morgan fingerprint density at radius 3 is 2.47 bits per heavy atom. The summed E-state index contributed by atoms with van der Waals surface area (Å²) in [5.74, 6) is -0.458. The molecule has 0 aliphatic carbocycles. The molecule has 1 fully saturated rings. The van der Waals surface area contributed by atoms with Crippen LogP contribution in [0.25, 0.3) is 0 Å². The lowest BCUT2D eigenvalue weighted by Crippen LogP contribution is -2.40. The molecule has 1 aromatic heterocycles. The van der Waals surface area contributed by atoms with E-state index in [0.717, 1.165) is 28.2 Å². The summed E-state index contributed by atoms with van der Waals surface area (Å²) in [5.41, 5.74) is 3.16. The van der Waals surface area contributed by atoms with Crippen molar-refractivity contribution in [3.63, 3.8) is 0 Å². The van der Waals surface area contributed by atoms with Crippen molar-refractivity contribution in [1.82, 2.24) is 14.5 Å². The van der Waals surface area contributed by atoms with E-state index in [9.17, 15) is 18.0 Å². The highest BCUT2D eigenvalue weighted by Crippen LogP contribution is 2.26. The van der Waals surface area contributed by atoms with Crippen molar-refractivity contribution >= 4 is 55.8 Å². The molecule has 36 heavy (non-hydrogen) atoms. The molecular weight excluding hydrogens is 522 g/mol. The number of thioether (sulfide) groups is 1. The molecule has 0 saturated carbocycles. The Kier molecular flexibility index (Phi) is 8.36.